The Labute approximate surface area is 109 Å². The third kappa shape index (κ3) is 2.97. The van der Waals surface area contributed by atoms with Crippen molar-refractivity contribution in [2.24, 2.45) is 5.84 Å². The second kappa shape index (κ2) is 5.48. The normalized spacial score (nSPS) is 9.89. The van der Waals surface area contributed by atoms with Crippen molar-refractivity contribution < 1.29 is 4.79 Å². The van der Waals surface area contributed by atoms with Gasteiger partial charge in [0.2, 0.25) is 0 Å². The number of hydrazine groups is 1. The molecule has 0 saturated carbocycles. The molecule has 6 heteroatoms. The number of nitrogens with two attached hydrogens (primary N) is 1. The quantitative estimate of drug-likeness (QED) is 0.586. The van der Waals surface area contributed by atoms with Gasteiger partial charge in [-0.2, -0.15) is 0 Å². The van der Waals surface area contributed by atoms with E-state index in [1.54, 1.807) is 36.4 Å². The molecular weight excluding hydrogens is 252 g/mol. The number of rotatable bonds is 3. The van der Waals surface area contributed by atoms with Gasteiger partial charge in [0.1, 0.15) is 5.82 Å². The van der Waals surface area contributed by atoms with Crippen LogP contribution in [0.3, 0.4) is 0 Å². The van der Waals surface area contributed by atoms with Gasteiger partial charge in [0.15, 0.2) is 0 Å². The maximum atomic E-state index is 11.9. The van der Waals surface area contributed by atoms with Crippen LogP contribution in [0.1, 0.15) is 10.4 Å². The van der Waals surface area contributed by atoms with E-state index in [0.29, 0.717) is 22.1 Å². The fraction of sp³-hybridized carbons (Fsp3) is 0. The molecule has 18 heavy (non-hydrogen) atoms. The second-order valence-electron chi connectivity index (χ2n) is 3.54. The minimum atomic E-state index is -0.256. The average Bonchev–Trinajstić information content (AvgIpc) is 2.39. The van der Waals surface area contributed by atoms with E-state index >= 15 is 0 Å². The highest BCUT2D eigenvalue weighted by atomic mass is 35.5. The number of hydrogen-bond donors (Lipinski definition) is 3. The zero-order valence-electron chi connectivity index (χ0n) is 9.35. The molecule has 5 nitrogen and oxygen atoms in total. The standard InChI is InChI=1S/C12H11ClN4O/c13-9-2-1-3-10(6-9)16-12(18)8-4-5-11(17-14)15-7-8/h1-7H,14H2,(H,15,17)(H,16,18). The maximum absolute atomic E-state index is 11.9. The minimum Gasteiger partial charge on any atom is -0.322 e. The predicted molar refractivity (Wildman–Crippen MR) is 71.5 cm³/mol. The Bertz CT molecular complexity index is 556. The molecule has 0 bridgehead atoms. The summed E-state index contributed by atoms with van der Waals surface area (Å²) in [5.41, 5.74) is 3.46. The number of halogens is 1. The fourth-order valence-corrected chi connectivity index (χ4v) is 1.57. The molecule has 0 aliphatic heterocycles. The van der Waals surface area contributed by atoms with Crippen LogP contribution in [-0.4, -0.2) is 10.9 Å². The first-order valence-corrected chi connectivity index (χ1v) is 5.56. The SMILES string of the molecule is NNc1ccc(C(=O)Nc2cccc(Cl)c2)cn1. The monoisotopic (exact) mass is 262 g/mol. The molecule has 0 unspecified atom stereocenters. The van der Waals surface area contributed by atoms with E-state index in [0.717, 1.165) is 0 Å². The number of amides is 1. The van der Waals surface area contributed by atoms with E-state index in [1.807, 2.05) is 0 Å². The Morgan fingerprint density at radius 3 is 2.72 bits per heavy atom. The van der Waals surface area contributed by atoms with Crippen molar-refractivity contribution in [3.8, 4) is 0 Å². The summed E-state index contributed by atoms with van der Waals surface area (Å²) < 4.78 is 0. The summed E-state index contributed by atoms with van der Waals surface area (Å²) in [4.78, 5) is 15.8. The van der Waals surface area contributed by atoms with Crippen LogP contribution in [0.25, 0.3) is 0 Å². The lowest BCUT2D eigenvalue weighted by atomic mass is 10.2. The molecule has 4 N–H and O–H groups in total. The number of aromatic nitrogens is 1. The predicted octanol–water partition coefficient (Wildman–Crippen LogP) is 2.27. The van der Waals surface area contributed by atoms with Gasteiger partial charge >= 0.3 is 0 Å². The van der Waals surface area contributed by atoms with Gasteiger partial charge in [-0.1, -0.05) is 17.7 Å². The Hall–Kier alpha value is -2.11. The summed E-state index contributed by atoms with van der Waals surface area (Å²) in [7, 11) is 0. The van der Waals surface area contributed by atoms with Crippen LogP contribution in [-0.2, 0) is 0 Å². The summed E-state index contributed by atoms with van der Waals surface area (Å²) in [5.74, 6) is 5.43. The van der Waals surface area contributed by atoms with E-state index in [9.17, 15) is 4.79 Å². The highest BCUT2D eigenvalue weighted by molar-refractivity contribution is 6.30. The number of nitrogens with one attached hydrogen (secondary N) is 2. The van der Waals surface area contributed by atoms with Crippen LogP contribution in [0.15, 0.2) is 42.6 Å². The molecule has 0 atom stereocenters. The van der Waals surface area contributed by atoms with Gasteiger partial charge < -0.3 is 10.7 Å². The summed E-state index contributed by atoms with van der Waals surface area (Å²) in [6.45, 7) is 0. The molecule has 2 rings (SSSR count). The van der Waals surface area contributed by atoms with Crippen LogP contribution in [0, 0.1) is 0 Å². The van der Waals surface area contributed by atoms with Crippen molar-refractivity contribution >= 4 is 29.0 Å². The molecule has 1 amide bonds. The van der Waals surface area contributed by atoms with Crippen molar-refractivity contribution in [1.82, 2.24) is 4.98 Å². The smallest absolute Gasteiger partial charge is 0.257 e. The molecule has 0 saturated heterocycles. The van der Waals surface area contributed by atoms with Gasteiger partial charge in [0, 0.05) is 16.9 Å². The Morgan fingerprint density at radius 2 is 2.11 bits per heavy atom. The van der Waals surface area contributed by atoms with Crippen LogP contribution < -0.4 is 16.6 Å². The van der Waals surface area contributed by atoms with Gasteiger partial charge in [-0.3, -0.25) is 4.79 Å². The lowest BCUT2D eigenvalue weighted by Crippen LogP contribution is -2.13. The number of carbonyl (C=O) groups excluding carboxylic acids is 1. The third-order valence-electron chi connectivity index (χ3n) is 2.26. The molecular formula is C12H11ClN4O. The van der Waals surface area contributed by atoms with Crippen molar-refractivity contribution in [3.63, 3.8) is 0 Å². The molecule has 0 aliphatic carbocycles. The van der Waals surface area contributed by atoms with E-state index in [4.69, 9.17) is 17.4 Å². The summed E-state index contributed by atoms with van der Waals surface area (Å²) in [5, 5.41) is 3.28. The highest BCUT2D eigenvalue weighted by Crippen LogP contribution is 2.16. The highest BCUT2D eigenvalue weighted by Gasteiger charge is 2.06. The Kier molecular flexibility index (Phi) is 3.76. The molecule has 2 aromatic rings. The average molecular weight is 263 g/mol. The number of hydrogen-bond acceptors (Lipinski definition) is 4. The number of nitrogens with zero attached hydrogens (tertiary/aromatic N) is 1. The van der Waals surface area contributed by atoms with Gasteiger partial charge in [-0.05, 0) is 30.3 Å². The fourth-order valence-electron chi connectivity index (χ4n) is 1.38. The second-order valence-corrected chi connectivity index (χ2v) is 3.98. The van der Waals surface area contributed by atoms with Crippen LogP contribution in [0.2, 0.25) is 5.02 Å². The van der Waals surface area contributed by atoms with Crippen LogP contribution in [0.4, 0.5) is 11.5 Å². The van der Waals surface area contributed by atoms with Crippen molar-refractivity contribution in [1.29, 1.82) is 0 Å². The van der Waals surface area contributed by atoms with Gasteiger partial charge in [-0.15, -0.1) is 0 Å². The number of benzene rings is 1. The lowest BCUT2D eigenvalue weighted by molar-refractivity contribution is 0.102. The number of anilines is 2. The van der Waals surface area contributed by atoms with E-state index in [2.05, 4.69) is 15.7 Å². The molecule has 0 fully saturated rings. The van der Waals surface area contributed by atoms with Crippen LogP contribution in [0.5, 0.6) is 0 Å². The van der Waals surface area contributed by atoms with Crippen molar-refractivity contribution in [3.05, 3.63) is 53.2 Å². The third-order valence-corrected chi connectivity index (χ3v) is 2.49. The van der Waals surface area contributed by atoms with E-state index < -0.39 is 0 Å². The lowest BCUT2D eigenvalue weighted by Gasteiger charge is -2.05. The molecule has 0 radical (unpaired) electrons. The molecule has 0 aliphatic rings. The zero-order valence-corrected chi connectivity index (χ0v) is 10.1. The molecule has 1 aromatic carbocycles. The first-order chi connectivity index (χ1) is 8.69. The van der Waals surface area contributed by atoms with Gasteiger partial charge in [0.25, 0.3) is 5.91 Å². The van der Waals surface area contributed by atoms with Crippen molar-refractivity contribution in [2.75, 3.05) is 10.7 Å². The van der Waals surface area contributed by atoms with E-state index in [1.165, 1.54) is 6.20 Å². The van der Waals surface area contributed by atoms with Crippen molar-refractivity contribution in [2.45, 2.75) is 0 Å². The first kappa shape index (κ1) is 12.3. The minimum absolute atomic E-state index is 0.256. The van der Waals surface area contributed by atoms with Gasteiger partial charge in [-0.25, -0.2) is 10.8 Å². The summed E-state index contributed by atoms with van der Waals surface area (Å²) in [6.07, 6.45) is 1.44. The number of nitrogen functional groups attached to an aromatic ring is 1. The summed E-state index contributed by atoms with van der Waals surface area (Å²) in [6, 6.07) is 10.2. The van der Waals surface area contributed by atoms with Crippen LogP contribution >= 0.6 is 11.6 Å². The molecule has 92 valence electrons. The first-order valence-electron chi connectivity index (χ1n) is 5.18. The summed E-state index contributed by atoms with van der Waals surface area (Å²) >= 11 is 5.83. The van der Waals surface area contributed by atoms with Gasteiger partial charge in [0.05, 0.1) is 5.56 Å². The number of pyridine rings is 1. The molecule has 1 aromatic heterocycles. The Morgan fingerprint density at radius 1 is 1.28 bits per heavy atom. The largest absolute Gasteiger partial charge is 0.322 e. The maximum Gasteiger partial charge on any atom is 0.257 e. The molecule has 0 spiro atoms. The zero-order chi connectivity index (χ0) is 13.0. The number of carbonyl (C=O) groups is 1. The van der Waals surface area contributed by atoms with E-state index in [-0.39, 0.29) is 5.91 Å². The Balaban J connectivity index is 2.11. The molecule has 1 heterocycles. The topological polar surface area (TPSA) is 80.0 Å².